The summed E-state index contributed by atoms with van der Waals surface area (Å²) in [5.41, 5.74) is -0.0821. The van der Waals surface area contributed by atoms with Crippen LogP contribution in [-0.2, 0) is 19.3 Å². The van der Waals surface area contributed by atoms with Crippen LogP contribution < -0.4 is 5.32 Å². The molecule has 2 aliphatic rings. The molecule has 4 unspecified atom stereocenters. The molecule has 0 aromatic rings. The zero-order valence-electron chi connectivity index (χ0n) is 16.3. The topological polar surface area (TPSA) is 186 Å². The molecule has 1 aliphatic heterocycles. The molecule has 0 radical (unpaired) electrons. The fraction of sp³-hybridized carbons (Fsp3) is 0.800. The van der Waals surface area contributed by atoms with Gasteiger partial charge in [-0.3, -0.25) is 4.79 Å². The molecule has 1 amide bonds. The monoisotopic (exact) mass is 482 g/mol. The van der Waals surface area contributed by atoms with Crippen molar-refractivity contribution in [3.63, 3.8) is 0 Å². The van der Waals surface area contributed by atoms with E-state index in [1.165, 1.54) is 12.2 Å². The number of hydrogen-bond acceptors (Lipinski definition) is 12. The summed E-state index contributed by atoms with van der Waals surface area (Å²) in [6, 6.07) is 0. The molecule has 1 saturated heterocycles. The fourth-order valence-corrected chi connectivity index (χ4v) is 6.28. The molecular formula is C15H22N4O10S2. The molecule has 174 valence electrons. The van der Waals surface area contributed by atoms with Crippen LogP contribution in [0, 0.1) is 30.3 Å². The van der Waals surface area contributed by atoms with E-state index in [1.807, 2.05) is 21.6 Å². The molecule has 2 rings (SSSR count). The Bertz CT molecular complexity index is 703. The molecule has 4 atom stereocenters. The number of hydrogen-bond donors (Lipinski definition) is 1. The molecule has 16 heteroatoms. The molecule has 0 bridgehead atoms. The Kier molecular flexibility index (Phi) is 9.90. The zero-order chi connectivity index (χ0) is 22.8. The summed E-state index contributed by atoms with van der Waals surface area (Å²) in [5.74, 6) is 0.562. The van der Waals surface area contributed by atoms with Gasteiger partial charge < -0.3 is 19.8 Å². The molecule has 1 N–H and O–H groups in total. The van der Waals surface area contributed by atoms with Gasteiger partial charge in [-0.2, -0.15) is 0 Å². The Labute approximate surface area is 184 Å². The largest absolute Gasteiger partial charge is 0.352 e. The van der Waals surface area contributed by atoms with Crippen molar-refractivity contribution in [3.8, 4) is 0 Å². The van der Waals surface area contributed by atoms with Crippen molar-refractivity contribution < 1.29 is 34.6 Å². The van der Waals surface area contributed by atoms with Gasteiger partial charge in [-0.1, -0.05) is 34.4 Å². The van der Waals surface area contributed by atoms with Crippen molar-refractivity contribution in [2.24, 2.45) is 0 Å². The first kappa shape index (κ1) is 24.8. The maximum absolute atomic E-state index is 12.4. The lowest BCUT2D eigenvalue weighted by molar-refractivity contribution is -0.815. The number of rotatable bonds is 13. The second-order valence-electron chi connectivity index (χ2n) is 6.78. The first-order valence-electron chi connectivity index (χ1n) is 9.47. The molecule has 0 aromatic carbocycles. The van der Waals surface area contributed by atoms with Crippen LogP contribution in [0.1, 0.15) is 38.5 Å². The lowest BCUT2D eigenvalue weighted by Gasteiger charge is -2.32. The first-order chi connectivity index (χ1) is 14.8. The minimum atomic E-state index is -1.80. The van der Waals surface area contributed by atoms with Crippen LogP contribution in [0.15, 0.2) is 11.6 Å². The summed E-state index contributed by atoms with van der Waals surface area (Å²) in [4.78, 5) is 57.6. The third-order valence-corrected chi connectivity index (χ3v) is 7.63. The average molecular weight is 482 g/mol. The molecule has 1 aliphatic carbocycles. The lowest BCUT2D eigenvalue weighted by atomic mass is 9.91. The zero-order valence-corrected chi connectivity index (χ0v) is 17.9. The summed E-state index contributed by atoms with van der Waals surface area (Å²) in [6.45, 7) is 0.346. The van der Waals surface area contributed by atoms with Gasteiger partial charge in [0.2, 0.25) is 5.91 Å². The van der Waals surface area contributed by atoms with Crippen molar-refractivity contribution in [2.75, 3.05) is 12.3 Å². The summed E-state index contributed by atoms with van der Waals surface area (Å²) in [6.07, 6.45) is 0.402. The van der Waals surface area contributed by atoms with Crippen LogP contribution in [-0.4, -0.2) is 57.0 Å². The van der Waals surface area contributed by atoms with Gasteiger partial charge in [-0.05, 0) is 25.3 Å². The van der Waals surface area contributed by atoms with Crippen LogP contribution in [0.25, 0.3) is 0 Å². The van der Waals surface area contributed by atoms with Crippen LogP contribution in [0.2, 0.25) is 0 Å². The molecule has 1 heterocycles. The molecule has 0 spiro atoms. The fourth-order valence-electron chi connectivity index (χ4n) is 3.25. The molecule has 31 heavy (non-hydrogen) atoms. The minimum Gasteiger partial charge on any atom is -0.352 e. The Morgan fingerprint density at radius 2 is 1.77 bits per heavy atom. The van der Waals surface area contributed by atoms with Crippen molar-refractivity contribution in [3.05, 3.63) is 42.0 Å². The van der Waals surface area contributed by atoms with Crippen molar-refractivity contribution in [2.45, 2.75) is 62.1 Å². The molecule has 14 nitrogen and oxygen atoms in total. The van der Waals surface area contributed by atoms with E-state index in [4.69, 9.17) is 0 Å². The highest BCUT2D eigenvalue weighted by molar-refractivity contribution is 8.77. The van der Waals surface area contributed by atoms with Gasteiger partial charge in [-0.25, -0.2) is 0 Å². The second kappa shape index (κ2) is 12.4. The molecular weight excluding hydrogens is 460 g/mol. The van der Waals surface area contributed by atoms with Crippen molar-refractivity contribution in [1.82, 2.24) is 5.32 Å². The molecule has 1 fully saturated rings. The van der Waals surface area contributed by atoms with Gasteiger partial charge in [0.25, 0.3) is 15.3 Å². The number of amides is 1. The lowest BCUT2D eigenvalue weighted by Crippen LogP contribution is -2.48. The van der Waals surface area contributed by atoms with Gasteiger partial charge in [0.15, 0.2) is 12.2 Å². The summed E-state index contributed by atoms with van der Waals surface area (Å²) < 4.78 is 0. The van der Waals surface area contributed by atoms with E-state index in [9.17, 15) is 35.1 Å². The summed E-state index contributed by atoms with van der Waals surface area (Å²) in [5, 5.41) is 31.7. The van der Waals surface area contributed by atoms with Gasteiger partial charge in [0.1, 0.15) is 6.10 Å². The SMILES string of the molecule is O=C(NCCCCCC1CCSS1)C1=CC(O[N+](=O)[O-])C(O[N+](=O)[O-])C(O[N+](=O)[O-])C1. The predicted octanol–water partition coefficient (Wildman–Crippen LogP) is 1.88. The number of nitrogens with one attached hydrogen (secondary N) is 1. The van der Waals surface area contributed by atoms with E-state index in [0.29, 0.717) is 11.8 Å². The van der Waals surface area contributed by atoms with Gasteiger partial charge in [0, 0.05) is 29.5 Å². The highest BCUT2D eigenvalue weighted by Gasteiger charge is 2.42. The highest BCUT2D eigenvalue weighted by atomic mass is 33.1. The normalized spacial score (nSPS) is 25.2. The van der Waals surface area contributed by atoms with E-state index in [2.05, 4.69) is 19.8 Å². The van der Waals surface area contributed by atoms with Crippen molar-refractivity contribution >= 4 is 27.5 Å². The summed E-state index contributed by atoms with van der Waals surface area (Å²) in [7, 11) is 3.79. The van der Waals surface area contributed by atoms with Gasteiger partial charge in [-0.15, -0.1) is 30.3 Å². The smallest absolute Gasteiger partial charge is 0.295 e. The second-order valence-corrected chi connectivity index (χ2v) is 9.57. The maximum atomic E-state index is 12.4. The molecule has 0 aromatic heterocycles. The maximum Gasteiger partial charge on any atom is 0.295 e. The first-order valence-corrected chi connectivity index (χ1v) is 11.8. The van der Waals surface area contributed by atoms with E-state index in [0.717, 1.165) is 31.8 Å². The highest BCUT2D eigenvalue weighted by Crippen LogP contribution is 2.39. The van der Waals surface area contributed by atoms with Crippen LogP contribution in [0.4, 0.5) is 0 Å². The van der Waals surface area contributed by atoms with Crippen LogP contribution in [0.3, 0.4) is 0 Å². The van der Waals surface area contributed by atoms with Crippen LogP contribution in [0.5, 0.6) is 0 Å². The standard InChI is InChI=1S/C15H22N4O10S2/c20-15(16-6-3-1-2-4-11-5-7-30-31-11)10-8-12(27-17(21)22)14(29-19(25)26)13(9-10)28-18(23)24/h8,11-14H,1-7,9H2,(H,16,20). The van der Waals surface area contributed by atoms with E-state index in [-0.39, 0.29) is 5.57 Å². The molecule has 0 saturated carbocycles. The Hall–Kier alpha value is -2.49. The number of unbranched alkanes of at least 4 members (excludes halogenated alkanes) is 2. The third-order valence-electron chi connectivity index (χ3n) is 4.62. The quantitative estimate of drug-likeness (QED) is 0.174. The number of nitrogens with zero attached hydrogens (tertiary/aromatic N) is 3. The van der Waals surface area contributed by atoms with Crippen LogP contribution >= 0.6 is 21.6 Å². The third kappa shape index (κ3) is 8.64. The number of carbonyl (C=O) groups excluding carboxylic acids is 1. The van der Waals surface area contributed by atoms with E-state index in [1.54, 1.807) is 0 Å². The van der Waals surface area contributed by atoms with E-state index < -0.39 is 45.9 Å². The van der Waals surface area contributed by atoms with E-state index >= 15 is 0 Å². The number of carbonyl (C=O) groups is 1. The van der Waals surface area contributed by atoms with Gasteiger partial charge >= 0.3 is 0 Å². The summed E-state index contributed by atoms with van der Waals surface area (Å²) >= 11 is 0. The van der Waals surface area contributed by atoms with Crippen molar-refractivity contribution in [1.29, 1.82) is 0 Å². The Morgan fingerprint density at radius 1 is 1.06 bits per heavy atom. The Morgan fingerprint density at radius 3 is 2.39 bits per heavy atom. The Balaban J connectivity index is 1.92. The average Bonchev–Trinajstić information content (AvgIpc) is 3.19. The minimum absolute atomic E-state index is 0.0821. The van der Waals surface area contributed by atoms with Gasteiger partial charge in [0.05, 0.1) is 0 Å². The predicted molar refractivity (Wildman–Crippen MR) is 108 cm³/mol.